The van der Waals surface area contributed by atoms with Gasteiger partial charge in [-0.3, -0.25) is 0 Å². The number of hydrogen-bond acceptors (Lipinski definition) is 3. The summed E-state index contributed by atoms with van der Waals surface area (Å²) in [5.74, 6) is 3.25. The molecule has 0 aliphatic heterocycles. The molecule has 1 aromatic carbocycles. The fourth-order valence-electron chi connectivity index (χ4n) is 5.65. The Morgan fingerprint density at radius 2 is 1.14 bits per heavy atom. The lowest BCUT2D eigenvalue weighted by molar-refractivity contribution is 0.198. The van der Waals surface area contributed by atoms with Gasteiger partial charge in [0.15, 0.2) is 0 Å². The summed E-state index contributed by atoms with van der Waals surface area (Å²) in [5, 5.41) is 0. The van der Waals surface area contributed by atoms with Crippen molar-refractivity contribution >= 4 is 0 Å². The number of ether oxygens (including phenoxy) is 1. The van der Waals surface area contributed by atoms with E-state index in [4.69, 9.17) is 14.7 Å². The number of rotatable bonds is 19. The SMILES string of the molecule is CCCCCCCCCCc1cnc([C@H]2CC[C@H](COc3ccc(CCCCCCC)cc3)CC2)nc1. The molecule has 2 aromatic rings. The lowest BCUT2D eigenvalue weighted by atomic mass is 9.82. The van der Waals surface area contributed by atoms with Crippen LogP contribution in [0.15, 0.2) is 36.7 Å². The minimum atomic E-state index is 0.519. The van der Waals surface area contributed by atoms with E-state index in [-0.39, 0.29) is 0 Å². The molecule has 0 unspecified atom stereocenters. The molecule has 1 heterocycles. The van der Waals surface area contributed by atoms with Crippen molar-refractivity contribution in [3.05, 3.63) is 53.6 Å². The fourth-order valence-corrected chi connectivity index (χ4v) is 5.65. The standard InChI is InChI=1S/C34H54N2O/c1-3-5-7-9-10-11-13-15-17-31-26-35-34(36-27-31)32-22-18-30(19-23-32)28-37-33-24-20-29(21-25-33)16-14-12-8-6-4-2/h20-21,24-27,30,32H,3-19,22-23,28H2,1-2H3/t30-,32-. The first-order chi connectivity index (χ1) is 18.3. The zero-order valence-corrected chi connectivity index (χ0v) is 24.1. The molecule has 0 spiro atoms. The van der Waals surface area contributed by atoms with Crippen LogP contribution >= 0.6 is 0 Å². The second-order valence-corrected chi connectivity index (χ2v) is 11.5. The third-order valence-electron chi connectivity index (χ3n) is 8.23. The number of hydrogen-bond donors (Lipinski definition) is 0. The van der Waals surface area contributed by atoms with E-state index in [1.165, 1.54) is 127 Å². The molecule has 37 heavy (non-hydrogen) atoms. The Bertz CT molecular complexity index is 809. The van der Waals surface area contributed by atoms with E-state index >= 15 is 0 Å². The average molecular weight is 507 g/mol. The van der Waals surface area contributed by atoms with Crippen LogP contribution in [0, 0.1) is 5.92 Å². The molecule has 0 bridgehead atoms. The fraction of sp³-hybridized carbons (Fsp3) is 0.706. The predicted octanol–water partition coefficient (Wildman–Crippen LogP) is 10.0. The number of benzene rings is 1. The summed E-state index contributed by atoms with van der Waals surface area (Å²) in [7, 11) is 0. The van der Waals surface area contributed by atoms with Gasteiger partial charge >= 0.3 is 0 Å². The molecule has 3 heteroatoms. The molecule has 1 saturated carbocycles. The van der Waals surface area contributed by atoms with Gasteiger partial charge in [-0.05, 0) is 80.5 Å². The average Bonchev–Trinajstić information content (AvgIpc) is 2.94. The number of aromatic nitrogens is 2. The largest absolute Gasteiger partial charge is 0.493 e. The molecule has 1 aliphatic carbocycles. The van der Waals surface area contributed by atoms with Gasteiger partial charge in [-0.1, -0.05) is 96.6 Å². The monoisotopic (exact) mass is 506 g/mol. The summed E-state index contributed by atoms with van der Waals surface area (Å²) in [6.45, 7) is 5.39. The third kappa shape index (κ3) is 12.0. The zero-order valence-electron chi connectivity index (χ0n) is 24.1. The van der Waals surface area contributed by atoms with Crippen LogP contribution in [0.2, 0.25) is 0 Å². The molecule has 206 valence electrons. The highest BCUT2D eigenvalue weighted by molar-refractivity contribution is 5.27. The highest BCUT2D eigenvalue weighted by Crippen LogP contribution is 2.34. The molecule has 1 aliphatic rings. The minimum absolute atomic E-state index is 0.519. The molecule has 0 N–H and O–H groups in total. The Labute approximate surface area is 228 Å². The van der Waals surface area contributed by atoms with Crippen molar-refractivity contribution in [3.63, 3.8) is 0 Å². The van der Waals surface area contributed by atoms with E-state index in [0.717, 1.165) is 24.6 Å². The van der Waals surface area contributed by atoms with Crippen molar-refractivity contribution in [2.75, 3.05) is 6.61 Å². The first kappa shape index (κ1) is 29.7. The summed E-state index contributed by atoms with van der Waals surface area (Å²) in [6.07, 6.45) is 28.9. The van der Waals surface area contributed by atoms with Gasteiger partial charge in [0.05, 0.1) is 6.61 Å². The van der Waals surface area contributed by atoms with Gasteiger partial charge in [-0.2, -0.15) is 0 Å². The van der Waals surface area contributed by atoms with Crippen LogP contribution in [0.4, 0.5) is 0 Å². The first-order valence-corrected chi connectivity index (χ1v) is 15.8. The molecule has 3 nitrogen and oxygen atoms in total. The maximum Gasteiger partial charge on any atom is 0.131 e. The van der Waals surface area contributed by atoms with Crippen molar-refractivity contribution < 1.29 is 4.74 Å². The Hall–Kier alpha value is -1.90. The molecule has 3 rings (SSSR count). The van der Waals surface area contributed by atoms with Gasteiger partial charge < -0.3 is 4.74 Å². The lowest BCUT2D eigenvalue weighted by Gasteiger charge is -2.27. The molecule has 0 saturated heterocycles. The third-order valence-corrected chi connectivity index (χ3v) is 8.23. The van der Waals surface area contributed by atoms with E-state index < -0.39 is 0 Å². The van der Waals surface area contributed by atoms with Crippen LogP contribution in [0.5, 0.6) is 5.75 Å². The smallest absolute Gasteiger partial charge is 0.131 e. The molecule has 0 amide bonds. The van der Waals surface area contributed by atoms with Crippen molar-refractivity contribution in [3.8, 4) is 5.75 Å². The van der Waals surface area contributed by atoms with Crippen LogP contribution < -0.4 is 4.74 Å². The van der Waals surface area contributed by atoms with Gasteiger partial charge in [-0.25, -0.2) is 9.97 Å². The number of aryl methyl sites for hydroxylation is 2. The van der Waals surface area contributed by atoms with Gasteiger partial charge in [0.25, 0.3) is 0 Å². The molecular formula is C34H54N2O. The van der Waals surface area contributed by atoms with Gasteiger partial charge in [0.2, 0.25) is 0 Å². The summed E-state index contributed by atoms with van der Waals surface area (Å²) in [4.78, 5) is 9.54. The summed E-state index contributed by atoms with van der Waals surface area (Å²) >= 11 is 0. The van der Waals surface area contributed by atoms with Crippen LogP contribution in [0.1, 0.15) is 146 Å². The first-order valence-electron chi connectivity index (χ1n) is 15.8. The van der Waals surface area contributed by atoms with E-state index in [2.05, 4.69) is 50.5 Å². The van der Waals surface area contributed by atoms with E-state index in [1.807, 2.05) is 0 Å². The molecular weight excluding hydrogens is 452 g/mol. The lowest BCUT2D eigenvalue weighted by Crippen LogP contribution is -2.20. The Morgan fingerprint density at radius 1 is 0.622 bits per heavy atom. The second-order valence-electron chi connectivity index (χ2n) is 11.5. The van der Waals surface area contributed by atoms with Crippen LogP contribution in [0.3, 0.4) is 0 Å². The van der Waals surface area contributed by atoms with Crippen molar-refractivity contribution in [2.24, 2.45) is 5.92 Å². The highest BCUT2D eigenvalue weighted by atomic mass is 16.5. The topological polar surface area (TPSA) is 35.0 Å². The van der Waals surface area contributed by atoms with Crippen LogP contribution in [-0.4, -0.2) is 16.6 Å². The maximum atomic E-state index is 6.16. The van der Waals surface area contributed by atoms with E-state index in [0.29, 0.717) is 11.8 Å². The van der Waals surface area contributed by atoms with Crippen LogP contribution in [-0.2, 0) is 12.8 Å². The summed E-state index contributed by atoms with van der Waals surface area (Å²) in [6, 6.07) is 8.83. The zero-order chi connectivity index (χ0) is 26.0. The minimum Gasteiger partial charge on any atom is -0.493 e. The van der Waals surface area contributed by atoms with Crippen molar-refractivity contribution in [1.82, 2.24) is 9.97 Å². The normalized spacial score (nSPS) is 17.7. The van der Waals surface area contributed by atoms with Gasteiger partial charge in [0.1, 0.15) is 11.6 Å². The second kappa shape index (κ2) is 18.4. The number of nitrogens with zero attached hydrogens (tertiary/aromatic N) is 2. The van der Waals surface area contributed by atoms with Gasteiger partial charge in [0, 0.05) is 18.3 Å². The molecule has 1 aromatic heterocycles. The molecule has 0 atom stereocenters. The molecule has 1 fully saturated rings. The summed E-state index contributed by atoms with van der Waals surface area (Å²) < 4.78 is 6.16. The summed E-state index contributed by atoms with van der Waals surface area (Å²) in [5.41, 5.74) is 2.74. The quantitative estimate of drug-likeness (QED) is 0.178. The van der Waals surface area contributed by atoms with Crippen LogP contribution in [0.25, 0.3) is 0 Å². The Morgan fingerprint density at radius 3 is 1.70 bits per heavy atom. The number of unbranched alkanes of at least 4 members (excludes halogenated alkanes) is 11. The molecule has 0 radical (unpaired) electrons. The van der Waals surface area contributed by atoms with E-state index in [1.54, 1.807) is 0 Å². The Balaban J connectivity index is 1.27. The van der Waals surface area contributed by atoms with Crippen molar-refractivity contribution in [2.45, 2.75) is 142 Å². The van der Waals surface area contributed by atoms with Crippen molar-refractivity contribution in [1.29, 1.82) is 0 Å². The Kier molecular flexibility index (Phi) is 14.7. The van der Waals surface area contributed by atoms with E-state index in [9.17, 15) is 0 Å². The maximum absolute atomic E-state index is 6.16. The predicted molar refractivity (Wildman–Crippen MR) is 157 cm³/mol. The van der Waals surface area contributed by atoms with Gasteiger partial charge in [-0.15, -0.1) is 0 Å². The highest BCUT2D eigenvalue weighted by Gasteiger charge is 2.24.